The number of hydrogen-bond donors (Lipinski definition) is 1. The predicted molar refractivity (Wildman–Crippen MR) is 59.7 cm³/mol. The molecule has 0 aliphatic carbocycles. The van der Waals surface area contributed by atoms with Crippen molar-refractivity contribution >= 4 is 33.5 Å². The molecule has 0 spiro atoms. The molecule has 1 N–H and O–H groups in total. The Morgan fingerprint density at radius 2 is 2.29 bits per heavy atom. The van der Waals surface area contributed by atoms with Crippen LogP contribution in [0.4, 0.5) is 0 Å². The number of halogens is 2. The van der Waals surface area contributed by atoms with Gasteiger partial charge >= 0.3 is 5.97 Å². The molecule has 2 nitrogen and oxygen atoms in total. The first-order valence-corrected chi connectivity index (χ1v) is 5.34. The lowest BCUT2D eigenvalue weighted by atomic mass is 10.0. The maximum Gasteiger partial charge on any atom is 0.306 e. The van der Waals surface area contributed by atoms with Crippen LogP contribution in [0.5, 0.6) is 0 Å². The molecule has 14 heavy (non-hydrogen) atoms. The molecule has 0 radical (unpaired) electrons. The summed E-state index contributed by atoms with van der Waals surface area (Å²) >= 11 is 9.16. The highest BCUT2D eigenvalue weighted by Gasteiger charge is 2.11. The van der Waals surface area contributed by atoms with Crippen molar-refractivity contribution in [3.63, 3.8) is 0 Å². The summed E-state index contributed by atoms with van der Waals surface area (Å²) in [6, 6.07) is 5.48. The number of carbonyl (C=O) groups is 1. The topological polar surface area (TPSA) is 37.3 Å². The average molecular weight is 278 g/mol. The predicted octanol–water partition coefficient (Wildman–Crippen LogP) is 3.37. The molecule has 0 bridgehead atoms. The molecular formula is C10H10BrClO2. The van der Waals surface area contributed by atoms with Gasteiger partial charge in [0, 0.05) is 4.47 Å². The van der Waals surface area contributed by atoms with Crippen LogP contribution in [0, 0.1) is 5.92 Å². The molecule has 0 fully saturated rings. The van der Waals surface area contributed by atoms with E-state index in [-0.39, 0.29) is 5.92 Å². The van der Waals surface area contributed by atoms with E-state index in [2.05, 4.69) is 15.9 Å². The first-order chi connectivity index (χ1) is 6.50. The molecule has 1 atom stereocenters. The van der Waals surface area contributed by atoms with E-state index >= 15 is 0 Å². The first-order valence-electron chi connectivity index (χ1n) is 4.17. The second-order valence-electron chi connectivity index (χ2n) is 3.19. The largest absolute Gasteiger partial charge is 0.481 e. The highest BCUT2D eigenvalue weighted by molar-refractivity contribution is 9.10. The SMILES string of the molecule is C[C@H](Cc1ccc(Br)c(Cl)c1)C(=O)O. The summed E-state index contributed by atoms with van der Waals surface area (Å²) in [7, 11) is 0. The minimum absolute atomic E-state index is 0.382. The number of benzene rings is 1. The molecule has 0 saturated carbocycles. The van der Waals surface area contributed by atoms with Crippen molar-refractivity contribution in [2.75, 3.05) is 0 Å². The molecule has 1 aromatic carbocycles. The number of aliphatic carboxylic acids is 1. The molecule has 1 rings (SSSR count). The maximum atomic E-state index is 10.6. The third-order valence-electron chi connectivity index (χ3n) is 1.95. The van der Waals surface area contributed by atoms with Gasteiger partial charge in [-0.25, -0.2) is 0 Å². The normalized spacial score (nSPS) is 12.5. The van der Waals surface area contributed by atoms with Gasteiger partial charge < -0.3 is 5.11 Å². The summed E-state index contributed by atoms with van der Waals surface area (Å²) in [5, 5.41) is 9.34. The van der Waals surface area contributed by atoms with E-state index < -0.39 is 5.97 Å². The van der Waals surface area contributed by atoms with Crippen LogP contribution in [0.25, 0.3) is 0 Å². The van der Waals surface area contributed by atoms with Gasteiger partial charge in [-0.05, 0) is 40.0 Å². The van der Waals surface area contributed by atoms with E-state index in [9.17, 15) is 4.79 Å². The van der Waals surface area contributed by atoms with Gasteiger partial charge in [-0.2, -0.15) is 0 Å². The smallest absolute Gasteiger partial charge is 0.306 e. The monoisotopic (exact) mass is 276 g/mol. The Hall–Kier alpha value is -0.540. The van der Waals surface area contributed by atoms with E-state index in [0.717, 1.165) is 10.0 Å². The lowest BCUT2D eigenvalue weighted by molar-refractivity contribution is -0.141. The van der Waals surface area contributed by atoms with Crippen LogP contribution >= 0.6 is 27.5 Å². The molecule has 0 aromatic heterocycles. The van der Waals surface area contributed by atoms with E-state index in [4.69, 9.17) is 16.7 Å². The van der Waals surface area contributed by atoms with E-state index in [1.54, 1.807) is 13.0 Å². The number of carboxylic acids is 1. The number of rotatable bonds is 3. The van der Waals surface area contributed by atoms with Gasteiger partial charge in [0.2, 0.25) is 0 Å². The molecule has 1 aromatic rings. The summed E-state index contributed by atoms with van der Waals surface area (Å²) in [6.07, 6.45) is 0.502. The summed E-state index contributed by atoms with van der Waals surface area (Å²) < 4.78 is 0.825. The van der Waals surface area contributed by atoms with Crippen LogP contribution in [-0.2, 0) is 11.2 Å². The fourth-order valence-electron chi connectivity index (χ4n) is 1.11. The van der Waals surface area contributed by atoms with Crippen LogP contribution in [-0.4, -0.2) is 11.1 Å². The average Bonchev–Trinajstić information content (AvgIpc) is 2.11. The quantitative estimate of drug-likeness (QED) is 0.920. The molecule has 0 aliphatic rings. The van der Waals surface area contributed by atoms with Gasteiger partial charge in [0.25, 0.3) is 0 Å². The molecule has 76 valence electrons. The number of hydrogen-bond acceptors (Lipinski definition) is 1. The van der Waals surface area contributed by atoms with Crippen molar-refractivity contribution in [1.29, 1.82) is 0 Å². The van der Waals surface area contributed by atoms with Crippen LogP contribution < -0.4 is 0 Å². The Kier molecular flexibility index (Phi) is 3.96. The highest BCUT2D eigenvalue weighted by Crippen LogP contribution is 2.24. The van der Waals surface area contributed by atoms with Crippen molar-refractivity contribution in [2.45, 2.75) is 13.3 Å². The molecular weight excluding hydrogens is 267 g/mol. The van der Waals surface area contributed by atoms with Crippen molar-refractivity contribution < 1.29 is 9.90 Å². The third kappa shape index (κ3) is 3.00. The Labute approximate surface area is 96.0 Å². The van der Waals surface area contributed by atoms with Crippen LogP contribution in [0.1, 0.15) is 12.5 Å². The fourth-order valence-corrected chi connectivity index (χ4v) is 1.56. The molecule has 4 heteroatoms. The summed E-state index contributed by atoms with van der Waals surface area (Å²) in [4.78, 5) is 10.6. The zero-order valence-corrected chi connectivity index (χ0v) is 9.97. The van der Waals surface area contributed by atoms with Crippen molar-refractivity contribution in [1.82, 2.24) is 0 Å². The Bertz CT molecular complexity index is 352. The lowest BCUT2D eigenvalue weighted by Crippen LogP contribution is -2.12. The minimum atomic E-state index is -0.788. The van der Waals surface area contributed by atoms with E-state index in [1.165, 1.54) is 0 Å². The lowest BCUT2D eigenvalue weighted by Gasteiger charge is -2.06. The van der Waals surface area contributed by atoms with Crippen molar-refractivity contribution in [3.05, 3.63) is 33.3 Å². The summed E-state index contributed by atoms with van der Waals surface area (Å²) in [6.45, 7) is 1.68. The van der Waals surface area contributed by atoms with Crippen LogP contribution in [0.2, 0.25) is 5.02 Å². The zero-order chi connectivity index (χ0) is 10.7. The van der Waals surface area contributed by atoms with Gasteiger partial charge in [-0.1, -0.05) is 24.6 Å². The molecule has 0 saturated heterocycles. The Morgan fingerprint density at radius 1 is 1.64 bits per heavy atom. The fraction of sp³-hybridized carbons (Fsp3) is 0.300. The van der Waals surface area contributed by atoms with Gasteiger partial charge in [-0.15, -0.1) is 0 Å². The van der Waals surface area contributed by atoms with Gasteiger partial charge in [0.05, 0.1) is 10.9 Å². The van der Waals surface area contributed by atoms with E-state index in [1.807, 2.05) is 12.1 Å². The maximum absolute atomic E-state index is 10.6. The van der Waals surface area contributed by atoms with Gasteiger partial charge in [0.1, 0.15) is 0 Å². The molecule has 0 heterocycles. The summed E-state index contributed by atoms with van der Waals surface area (Å²) in [5.74, 6) is -1.17. The van der Waals surface area contributed by atoms with Crippen LogP contribution in [0.3, 0.4) is 0 Å². The minimum Gasteiger partial charge on any atom is -0.481 e. The standard InChI is InChI=1S/C10H10BrClO2/c1-6(10(13)14)4-7-2-3-8(11)9(12)5-7/h2-3,5-6H,4H2,1H3,(H,13,14)/t6-/m1/s1. The second-order valence-corrected chi connectivity index (χ2v) is 4.45. The van der Waals surface area contributed by atoms with Crippen molar-refractivity contribution in [3.8, 4) is 0 Å². The Morgan fingerprint density at radius 3 is 2.79 bits per heavy atom. The molecule has 0 aliphatic heterocycles. The van der Waals surface area contributed by atoms with E-state index in [0.29, 0.717) is 11.4 Å². The first kappa shape index (κ1) is 11.5. The van der Waals surface area contributed by atoms with Crippen LogP contribution in [0.15, 0.2) is 22.7 Å². The van der Waals surface area contributed by atoms with Gasteiger partial charge in [0.15, 0.2) is 0 Å². The van der Waals surface area contributed by atoms with Gasteiger partial charge in [-0.3, -0.25) is 4.79 Å². The van der Waals surface area contributed by atoms with Crippen molar-refractivity contribution in [2.24, 2.45) is 5.92 Å². The summed E-state index contributed by atoms with van der Waals surface area (Å²) in [5.41, 5.74) is 0.938. The second kappa shape index (κ2) is 4.80. The highest BCUT2D eigenvalue weighted by atomic mass is 79.9. The Balaban J connectivity index is 2.78. The molecule has 0 unspecified atom stereocenters. The number of carboxylic acid groups (broad SMARTS) is 1. The third-order valence-corrected chi connectivity index (χ3v) is 3.18. The molecule has 0 amide bonds. The zero-order valence-electron chi connectivity index (χ0n) is 7.63.